The summed E-state index contributed by atoms with van der Waals surface area (Å²) in [6, 6.07) is 10.3. The number of rotatable bonds is 6. The van der Waals surface area contributed by atoms with Crippen LogP contribution in [0.25, 0.3) is 0 Å². The smallest absolute Gasteiger partial charge is 0.257 e. The van der Waals surface area contributed by atoms with E-state index in [9.17, 15) is 13.2 Å². The van der Waals surface area contributed by atoms with Gasteiger partial charge in [0.2, 0.25) is 10.0 Å². The fourth-order valence-electron chi connectivity index (χ4n) is 3.94. The Bertz CT molecular complexity index is 1100. The van der Waals surface area contributed by atoms with Gasteiger partial charge in [-0.15, -0.1) is 11.8 Å². The van der Waals surface area contributed by atoms with Gasteiger partial charge >= 0.3 is 0 Å². The van der Waals surface area contributed by atoms with Gasteiger partial charge in [-0.3, -0.25) is 4.79 Å². The Hall–Kier alpha value is -1.78. The van der Waals surface area contributed by atoms with E-state index in [0.717, 1.165) is 36.5 Å². The molecule has 0 bridgehead atoms. The highest BCUT2D eigenvalue weighted by Crippen LogP contribution is 2.33. The van der Waals surface area contributed by atoms with Gasteiger partial charge in [0, 0.05) is 31.1 Å². The monoisotopic (exact) mass is 495 g/mol. The molecule has 7 nitrogen and oxygen atoms in total. The molecule has 0 unspecified atom stereocenters. The van der Waals surface area contributed by atoms with Crippen LogP contribution < -0.4 is 10.2 Å². The Balaban J connectivity index is 1.70. The average Bonchev–Trinajstić information content (AvgIpc) is 3.34. The highest BCUT2D eigenvalue weighted by molar-refractivity contribution is 7.98. The average molecular weight is 496 g/mol. The molecule has 172 valence electrons. The van der Waals surface area contributed by atoms with Gasteiger partial charge in [-0.25, -0.2) is 8.42 Å². The van der Waals surface area contributed by atoms with Gasteiger partial charge in [0.15, 0.2) is 0 Å². The van der Waals surface area contributed by atoms with Gasteiger partial charge in [-0.2, -0.15) is 4.31 Å². The van der Waals surface area contributed by atoms with Crippen molar-refractivity contribution in [2.45, 2.75) is 22.6 Å². The predicted molar refractivity (Wildman–Crippen MR) is 129 cm³/mol. The molecule has 0 aliphatic carbocycles. The van der Waals surface area contributed by atoms with Crippen LogP contribution in [-0.4, -0.2) is 64.3 Å². The molecular weight excluding hydrogens is 470 g/mol. The second-order valence-electron chi connectivity index (χ2n) is 7.69. The number of hydrogen-bond donors (Lipinski definition) is 1. The van der Waals surface area contributed by atoms with E-state index in [-0.39, 0.29) is 10.8 Å². The summed E-state index contributed by atoms with van der Waals surface area (Å²) in [6.45, 7) is 3.10. The first-order valence-electron chi connectivity index (χ1n) is 10.5. The molecule has 2 fully saturated rings. The fraction of sp³-hybridized carbons (Fsp3) is 0.409. The first-order chi connectivity index (χ1) is 15.4. The standard InChI is InChI=1S/C22H26ClN3O4S2/c1-31-16-4-6-19(23)18(14-16)22(27)24-20-15-17(5-7-21(20)25-8-2-3-9-25)32(28,29)26-10-12-30-13-11-26/h4-7,14-15H,2-3,8-13H2,1H3,(H,24,27). The van der Waals surface area contributed by atoms with E-state index >= 15 is 0 Å². The normalized spacial score (nSPS) is 17.5. The van der Waals surface area contributed by atoms with Crippen LogP contribution in [-0.2, 0) is 14.8 Å². The van der Waals surface area contributed by atoms with E-state index in [1.807, 2.05) is 12.3 Å². The zero-order valence-electron chi connectivity index (χ0n) is 17.8. The van der Waals surface area contributed by atoms with Crippen LogP contribution in [0.15, 0.2) is 46.2 Å². The Labute approximate surface area is 198 Å². The van der Waals surface area contributed by atoms with E-state index in [4.69, 9.17) is 16.3 Å². The zero-order chi connectivity index (χ0) is 22.7. The molecule has 0 radical (unpaired) electrons. The van der Waals surface area contributed by atoms with Gasteiger partial charge in [-0.1, -0.05) is 11.6 Å². The summed E-state index contributed by atoms with van der Waals surface area (Å²) in [4.78, 5) is 16.4. The lowest BCUT2D eigenvalue weighted by Gasteiger charge is -2.27. The van der Waals surface area contributed by atoms with Crippen LogP contribution in [0.1, 0.15) is 23.2 Å². The number of hydrogen-bond acceptors (Lipinski definition) is 6. The first kappa shape index (κ1) is 23.4. The molecule has 2 aliphatic heterocycles. The Morgan fingerprint density at radius 3 is 2.47 bits per heavy atom. The van der Waals surface area contributed by atoms with Gasteiger partial charge < -0.3 is 15.0 Å². The molecule has 0 aromatic heterocycles. The van der Waals surface area contributed by atoms with E-state index < -0.39 is 10.0 Å². The van der Waals surface area contributed by atoms with Crippen LogP contribution in [0.2, 0.25) is 5.02 Å². The number of carbonyl (C=O) groups is 1. The first-order valence-corrected chi connectivity index (χ1v) is 13.6. The Kier molecular flexibility index (Phi) is 7.31. The third-order valence-electron chi connectivity index (χ3n) is 5.69. The maximum absolute atomic E-state index is 13.2. The number of carbonyl (C=O) groups excluding carboxylic acids is 1. The van der Waals surface area contributed by atoms with E-state index in [2.05, 4.69) is 10.2 Å². The maximum Gasteiger partial charge on any atom is 0.257 e. The van der Waals surface area contributed by atoms with Crippen molar-refractivity contribution in [2.75, 3.05) is 55.9 Å². The van der Waals surface area contributed by atoms with Gasteiger partial charge in [0.05, 0.1) is 40.1 Å². The van der Waals surface area contributed by atoms with Crippen LogP contribution in [0.3, 0.4) is 0 Å². The number of anilines is 2. The molecule has 2 saturated heterocycles. The van der Waals surface area contributed by atoms with E-state index in [1.165, 1.54) is 16.1 Å². The third kappa shape index (κ3) is 4.92. The molecule has 0 saturated carbocycles. The Morgan fingerprint density at radius 1 is 1.06 bits per heavy atom. The quantitative estimate of drug-likeness (QED) is 0.611. The molecule has 0 atom stereocenters. The molecule has 2 aromatic rings. The number of sulfonamides is 1. The molecule has 2 aromatic carbocycles. The summed E-state index contributed by atoms with van der Waals surface area (Å²) in [5.41, 5.74) is 1.64. The number of morpholine rings is 1. The molecule has 1 amide bonds. The minimum absolute atomic E-state index is 0.154. The van der Waals surface area contributed by atoms with Crippen molar-refractivity contribution in [3.63, 3.8) is 0 Å². The van der Waals surface area contributed by atoms with Crippen LogP contribution in [0, 0.1) is 0 Å². The van der Waals surface area contributed by atoms with Gasteiger partial charge in [-0.05, 0) is 55.5 Å². The molecule has 1 N–H and O–H groups in total. The molecule has 32 heavy (non-hydrogen) atoms. The van der Waals surface area contributed by atoms with Crippen molar-refractivity contribution in [3.8, 4) is 0 Å². The topological polar surface area (TPSA) is 79.0 Å². The number of thioether (sulfide) groups is 1. The summed E-state index contributed by atoms with van der Waals surface area (Å²) in [5, 5.41) is 3.28. The van der Waals surface area contributed by atoms with Crippen molar-refractivity contribution in [1.82, 2.24) is 4.31 Å². The van der Waals surface area contributed by atoms with E-state index in [0.29, 0.717) is 42.6 Å². The van der Waals surface area contributed by atoms with Crippen LogP contribution in [0.5, 0.6) is 0 Å². The molecule has 0 spiro atoms. The number of nitrogens with zero attached hydrogens (tertiary/aromatic N) is 2. The second kappa shape index (κ2) is 10.0. The maximum atomic E-state index is 13.2. The fourth-order valence-corrected chi connectivity index (χ4v) is 6.02. The lowest BCUT2D eigenvalue weighted by Crippen LogP contribution is -2.40. The highest BCUT2D eigenvalue weighted by Gasteiger charge is 2.28. The van der Waals surface area contributed by atoms with Crippen molar-refractivity contribution in [3.05, 3.63) is 47.0 Å². The zero-order valence-corrected chi connectivity index (χ0v) is 20.2. The predicted octanol–water partition coefficient (Wildman–Crippen LogP) is 3.94. The lowest BCUT2D eigenvalue weighted by molar-refractivity contribution is 0.0730. The van der Waals surface area contributed by atoms with Gasteiger partial charge in [0.1, 0.15) is 0 Å². The molecule has 10 heteroatoms. The number of halogens is 1. The minimum Gasteiger partial charge on any atom is -0.379 e. The minimum atomic E-state index is -3.69. The van der Waals surface area contributed by atoms with Crippen molar-refractivity contribution >= 4 is 50.7 Å². The summed E-state index contributed by atoms with van der Waals surface area (Å²) in [6.07, 6.45) is 4.04. The van der Waals surface area contributed by atoms with Crippen molar-refractivity contribution in [2.24, 2.45) is 0 Å². The second-order valence-corrected chi connectivity index (χ2v) is 10.9. The van der Waals surface area contributed by atoms with Crippen molar-refractivity contribution in [1.29, 1.82) is 0 Å². The highest BCUT2D eigenvalue weighted by atomic mass is 35.5. The van der Waals surface area contributed by atoms with Crippen LogP contribution in [0.4, 0.5) is 11.4 Å². The van der Waals surface area contributed by atoms with E-state index in [1.54, 1.807) is 30.3 Å². The number of amides is 1. The largest absolute Gasteiger partial charge is 0.379 e. The SMILES string of the molecule is CSc1ccc(Cl)c(C(=O)Nc2cc(S(=O)(=O)N3CCOCC3)ccc2N2CCCC2)c1. The van der Waals surface area contributed by atoms with Crippen molar-refractivity contribution < 1.29 is 17.9 Å². The summed E-state index contributed by atoms with van der Waals surface area (Å²) < 4.78 is 33.1. The summed E-state index contributed by atoms with van der Waals surface area (Å²) in [5.74, 6) is -0.368. The van der Waals surface area contributed by atoms with Gasteiger partial charge in [0.25, 0.3) is 5.91 Å². The Morgan fingerprint density at radius 2 is 1.78 bits per heavy atom. The number of ether oxygens (including phenoxy) is 1. The molecule has 4 rings (SSSR count). The molecule has 2 aliphatic rings. The van der Waals surface area contributed by atoms with Crippen LogP contribution >= 0.6 is 23.4 Å². The number of benzene rings is 2. The summed E-state index contributed by atoms with van der Waals surface area (Å²) >= 11 is 7.81. The lowest BCUT2D eigenvalue weighted by atomic mass is 10.2. The summed E-state index contributed by atoms with van der Waals surface area (Å²) in [7, 11) is -3.69. The number of nitrogens with one attached hydrogen (secondary N) is 1. The molecule has 2 heterocycles. The third-order valence-corrected chi connectivity index (χ3v) is 8.64. The molecular formula is C22H26ClN3O4S2.